The van der Waals surface area contributed by atoms with E-state index in [-0.39, 0.29) is 5.91 Å². The summed E-state index contributed by atoms with van der Waals surface area (Å²) in [6.45, 7) is 4.67. The average Bonchev–Trinajstić information content (AvgIpc) is 2.53. The van der Waals surface area contributed by atoms with Crippen molar-refractivity contribution in [3.63, 3.8) is 0 Å². The number of benzene rings is 2. The maximum absolute atomic E-state index is 12.7. The number of likely N-dealkylation sites (N-methyl/N-ethyl adjacent to an activating group) is 1. The average molecular weight is 298 g/mol. The van der Waals surface area contributed by atoms with Crippen LogP contribution in [0.5, 0.6) is 5.75 Å². The minimum Gasteiger partial charge on any atom is -0.495 e. The molecule has 22 heavy (non-hydrogen) atoms. The Morgan fingerprint density at radius 1 is 1.18 bits per heavy atom. The number of rotatable bonds is 6. The van der Waals surface area contributed by atoms with Gasteiger partial charge >= 0.3 is 0 Å². The second kappa shape index (κ2) is 7.61. The molecule has 4 nitrogen and oxygen atoms in total. The van der Waals surface area contributed by atoms with Crippen LogP contribution in [0.15, 0.2) is 48.5 Å². The van der Waals surface area contributed by atoms with E-state index in [1.165, 1.54) is 0 Å². The van der Waals surface area contributed by atoms with Gasteiger partial charge in [0.15, 0.2) is 0 Å². The minimum atomic E-state index is -0.392. The van der Waals surface area contributed by atoms with Crippen molar-refractivity contribution in [3.8, 4) is 5.75 Å². The molecule has 116 valence electrons. The Bertz CT molecular complexity index is 626. The van der Waals surface area contributed by atoms with E-state index in [2.05, 4.69) is 10.6 Å². The Morgan fingerprint density at radius 3 is 2.55 bits per heavy atom. The molecule has 1 atom stereocenters. The Kier molecular flexibility index (Phi) is 5.55. The van der Waals surface area contributed by atoms with Crippen molar-refractivity contribution in [1.29, 1.82) is 0 Å². The molecule has 0 bridgehead atoms. The van der Waals surface area contributed by atoms with Crippen LogP contribution in [0, 0.1) is 6.92 Å². The van der Waals surface area contributed by atoms with Gasteiger partial charge in [-0.3, -0.25) is 4.79 Å². The molecule has 0 unspecified atom stereocenters. The Labute approximate surface area is 131 Å². The lowest BCUT2D eigenvalue weighted by molar-refractivity contribution is -0.118. The van der Waals surface area contributed by atoms with Crippen molar-refractivity contribution in [2.75, 3.05) is 19.0 Å². The summed E-state index contributed by atoms with van der Waals surface area (Å²) < 4.78 is 5.31. The van der Waals surface area contributed by atoms with E-state index in [4.69, 9.17) is 4.74 Å². The summed E-state index contributed by atoms with van der Waals surface area (Å²) in [6.07, 6.45) is 0. The van der Waals surface area contributed by atoms with E-state index >= 15 is 0 Å². The van der Waals surface area contributed by atoms with Crippen molar-refractivity contribution in [3.05, 3.63) is 59.7 Å². The van der Waals surface area contributed by atoms with Gasteiger partial charge in [0.05, 0.1) is 12.8 Å². The molecule has 0 saturated heterocycles. The Morgan fingerprint density at radius 2 is 1.91 bits per heavy atom. The zero-order chi connectivity index (χ0) is 15.9. The quantitative estimate of drug-likeness (QED) is 0.860. The highest BCUT2D eigenvalue weighted by Crippen LogP contribution is 2.26. The zero-order valence-electron chi connectivity index (χ0n) is 13.2. The van der Waals surface area contributed by atoms with Gasteiger partial charge in [0.25, 0.3) is 0 Å². The van der Waals surface area contributed by atoms with Crippen molar-refractivity contribution < 1.29 is 9.53 Å². The van der Waals surface area contributed by atoms with Crippen LogP contribution in [-0.2, 0) is 4.79 Å². The van der Waals surface area contributed by atoms with Crippen molar-refractivity contribution in [2.45, 2.75) is 19.9 Å². The number of hydrogen-bond acceptors (Lipinski definition) is 3. The van der Waals surface area contributed by atoms with Crippen LogP contribution in [0.3, 0.4) is 0 Å². The third-order valence-corrected chi connectivity index (χ3v) is 3.42. The first-order chi connectivity index (χ1) is 10.7. The third-order valence-electron chi connectivity index (χ3n) is 3.42. The first-order valence-electron chi connectivity index (χ1n) is 7.39. The van der Waals surface area contributed by atoms with Crippen LogP contribution in [0.2, 0.25) is 0 Å². The van der Waals surface area contributed by atoms with Crippen LogP contribution in [0.4, 0.5) is 5.69 Å². The van der Waals surface area contributed by atoms with Crippen molar-refractivity contribution >= 4 is 11.6 Å². The van der Waals surface area contributed by atoms with Gasteiger partial charge in [0.1, 0.15) is 11.8 Å². The monoisotopic (exact) mass is 298 g/mol. The van der Waals surface area contributed by atoms with Crippen molar-refractivity contribution in [2.24, 2.45) is 0 Å². The largest absolute Gasteiger partial charge is 0.495 e. The van der Waals surface area contributed by atoms with Gasteiger partial charge in [-0.25, -0.2) is 0 Å². The summed E-state index contributed by atoms with van der Waals surface area (Å²) in [6, 6.07) is 15.0. The first kappa shape index (κ1) is 16.0. The summed E-state index contributed by atoms with van der Waals surface area (Å²) in [7, 11) is 1.60. The second-order valence-corrected chi connectivity index (χ2v) is 5.09. The Hall–Kier alpha value is -2.33. The smallest absolute Gasteiger partial charge is 0.246 e. The highest BCUT2D eigenvalue weighted by molar-refractivity contribution is 5.96. The van der Waals surface area contributed by atoms with Gasteiger partial charge in [-0.05, 0) is 36.7 Å². The fraction of sp³-hybridized carbons (Fsp3) is 0.278. The lowest BCUT2D eigenvalue weighted by Crippen LogP contribution is -2.33. The fourth-order valence-corrected chi connectivity index (χ4v) is 2.34. The molecule has 2 rings (SSSR count). The molecule has 1 amide bonds. The van der Waals surface area contributed by atoms with Gasteiger partial charge < -0.3 is 15.4 Å². The van der Waals surface area contributed by atoms with Gasteiger partial charge in [-0.1, -0.05) is 43.3 Å². The standard InChI is InChI=1S/C18H22N2O2/c1-4-19-17(14-8-6-5-7-9-14)18(21)20-15-12-13(2)10-11-16(15)22-3/h5-12,17,19H,4H2,1-3H3,(H,20,21)/t17-/m0/s1. The Balaban J connectivity index is 2.24. The number of nitrogens with one attached hydrogen (secondary N) is 2. The molecule has 2 aromatic carbocycles. The lowest BCUT2D eigenvalue weighted by atomic mass is 10.1. The fourth-order valence-electron chi connectivity index (χ4n) is 2.34. The van der Waals surface area contributed by atoms with E-state index in [0.29, 0.717) is 18.0 Å². The number of aryl methyl sites for hydroxylation is 1. The topological polar surface area (TPSA) is 50.4 Å². The van der Waals surface area contributed by atoms with Crippen LogP contribution in [-0.4, -0.2) is 19.6 Å². The molecular formula is C18H22N2O2. The summed E-state index contributed by atoms with van der Waals surface area (Å²) in [5.41, 5.74) is 2.69. The lowest BCUT2D eigenvalue weighted by Gasteiger charge is -2.19. The van der Waals surface area contributed by atoms with Crippen LogP contribution >= 0.6 is 0 Å². The molecule has 0 radical (unpaired) electrons. The molecule has 0 aliphatic carbocycles. The number of methoxy groups -OCH3 is 1. The van der Waals surface area contributed by atoms with Gasteiger partial charge in [-0.15, -0.1) is 0 Å². The van der Waals surface area contributed by atoms with E-state index in [9.17, 15) is 4.79 Å². The van der Waals surface area contributed by atoms with Crippen molar-refractivity contribution in [1.82, 2.24) is 5.32 Å². The summed E-state index contributed by atoms with van der Waals surface area (Å²) >= 11 is 0. The highest BCUT2D eigenvalue weighted by Gasteiger charge is 2.20. The number of carbonyl (C=O) groups excluding carboxylic acids is 1. The minimum absolute atomic E-state index is 0.100. The molecule has 0 fully saturated rings. The maximum Gasteiger partial charge on any atom is 0.246 e. The van der Waals surface area contributed by atoms with Crippen LogP contribution < -0.4 is 15.4 Å². The van der Waals surface area contributed by atoms with Crippen LogP contribution in [0.1, 0.15) is 24.1 Å². The van der Waals surface area contributed by atoms with E-state index < -0.39 is 6.04 Å². The number of hydrogen-bond donors (Lipinski definition) is 2. The molecule has 0 spiro atoms. The zero-order valence-corrected chi connectivity index (χ0v) is 13.2. The highest BCUT2D eigenvalue weighted by atomic mass is 16.5. The summed E-state index contributed by atoms with van der Waals surface area (Å²) in [5, 5.41) is 6.18. The predicted molar refractivity (Wildman–Crippen MR) is 89.2 cm³/mol. The third kappa shape index (κ3) is 3.86. The molecule has 4 heteroatoms. The predicted octanol–water partition coefficient (Wildman–Crippen LogP) is 3.29. The van der Waals surface area contributed by atoms with Crippen LogP contribution in [0.25, 0.3) is 0 Å². The number of ether oxygens (including phenoxy) is 1. The molecule has 0 saturated carbocycles. The number of carbonyl (C=O) groups is 1. The maximum atomic E-state index is 12.7. The molecule has 0 aliphatic rings. The van der Waals surface area contributed by atoms with E-state index in [0.717, 1.165) is 11.1 Å². The van der Waals surface area contributed by atoms with E-state index in [1.54, 1.807) is 7.11 Å². The molecule has 0 heterocycles. The summed E-state index contributed by atoms with van der Waals surface area (Å²) in [4.78, 5) is 12.7. The SMILES string of the molecule is CCN[C@H](C(=O)Nc1cc(C)ccc1OC)c1ccccc1. The van der Waals surface area contributed by atoms with Gasteiger partial charge in [0.2, 0.25) is 5.91 Å². The normalized spacial score (nSPS) is 11.8. The van der Waals surface area contributed by atoms with Gasteiger partial charge in [0, 0.05) is 0 Å². The number of anilines is 1. The molecule has 0 aromatic heterocycles. The molecular weight excluding hydrogens is 276 g/mol. The molecule has 0 aliphatic heterocycles. The second-order valence-electron chi connectivity index (χ2n) is 5.09. The first-order valence-corrected chi connectivity index (χ1v) is 7.39. The van der Waals surface area contributed by atoms with E-state index in [1.807, 2.05) is 62.4 Å². The molecule has 2 aromatic rings. The van der Waals surface area contributed by atoms with Gasteiger partial charge in [-0.2, -0.15) is 0 Å². The summed E-state index contributed by atoms with van der Waals surface area (Å²) in [5.74, 6) is 0.555. The number of amides is 1. The molecule has 2 N–H and O–H groups in total.